The van der Waals surface area contributed by atoms with Crippen molar-refractivity contribution >= 4 is 28.0 Å². The highest BCUT2D eigenvalue weighted by molar-refractivity contribution is 6.01. The summed E-state index contributed by atoms with van der Waals surface area (Å²) in [6, 6.07) is 9.65. The van der Waals surface area contributed by atoms with Crippen LogP contribution in [0.25, 0.3) is 33.6 Å². The first kappa shape index (κ1) is 12.3. The highest BCUT2D eigenvalue weighted by Crippen LogP contribution is 2.27. The molecule has 1 aliphatic heterocycles. The monoisotopic (exact) mass is 304 g/mol. The number of nitrogens with one attached hydrogen (secondary N) is 3. The summed E-state index contributed by atoms with van der Waals surface area (Å²) in [5, 5.41) is 10.9. The average Bonchev–Trinajstić information content (AvgIpc) is 3.16. The van der Waals surface area contributed by atoms with Gasteiger partial charge in [-0.3, -0.25) is 9.89 Å². The van der Waals surface area contributed by atoms with Crippen LogP contribution in [0.15, 0.2) is 30.3 Å². The van der Waals surface area contributed by atoms with Crippen LogP contribution >= 0.6 is 0 Å². The predicted molar refractivity (Wildman–Crippen MR) is 85.0 cm³/mol. The van der Waals surface area contributed by atoms with E-state index in [2.05, 4.69) is 30.5 Å². The van der Waals surface area contributed by atoms with E-state index in [1.54, 1.807) is 0 Å². The number of hydrogen-bond acceptors (Lipinski definition) is 4. The molecule has 4 aromatic rings. The zero-order valence-electron chi connectivity index (χ0n) is 12.1. The van der Waals surface area contributed by atoms with Crippen molar-refractivity contribution in [3.63, 3.8) is 0 Å². The van der Waals surface area contributed by atoms with Gasteiger partial charge < -0.3 is 10.3 Å². The number of fused-ring (bicyclic) bond motifs is 3. The zero-order chi connectivity index (χ0) is 15.4. The summed E-state index contributed by atoms with van der Waals surface area (Å²) in [6.45, 7) is 0.620. The number of benzene rings is 1. The third-order valence-electron chi connectivity index (χ3n) is 4.14. The van der Waals surface area contributed by atoms with Crippen LogP contribution in [0.3, 0.4) is 0 Å². The molecule has 0 saturated heterocycles. The summed E-state index contributed by atoms with van der Waals surface area (Å²) in [7, 11) is 0. The van der Waals surface area contributed by atoms with Crippen LogP contribution in [0.4, 0.5) is 0 Å². The number of pyridine rings is 1. The molecule has 3 aromatic heterocycles. The lowest BCUT2D eigenvalue weighted by Crippen LogP contribution is -2.32. The maximum Gasteiger partial charge on any atom is 0.253 e. The maximum absolute atomic E-state index is 12.0. The van der Waals surface area contributed by atoms with Crippen molar-refractivity contribution in [3.8, 4) is 11.5 Å². The fraction of sp³-hybridized carbons (Fsp3) is 0.125. The molecule has 5 rings (SSSR count). The molecule has 3 N–H and O–H groups in total. The number of aromatic nitrogens is 5. The van der Waals surface area contributed by atoms with Gasteiger partial charge in [-0.25, -0.2) is 9.97 Å². The standard InChI is InChI=1S/C16H12N6O/c23-16-8-7-9-13(15-19-11-3-1-2-4-12(11)20-15)21-22-14(9)18-10(8)5-6-17-16/h1-4,7H,5-6H2,(H,17,23)(H,19,20)(H,18,21,22). The molecule has 1 aliphatic rings. The smallest absolute Gasteiger partial charge is 0.253 e. The molecule has 7 nitrogen and oxygen atoms in total. The van der Waals surface area contributed by atoms with Gasteiger partial charge in [0.1, 0.15) is 5.69 Å². The molecule has 7 heteroatoms. The van der Waals surface area contributed by atoms with Crippen molar-refractivity contribution in [1.82, 2.24) is 30.5 Å². The fourth-order valence-electron chi connectivity index (χ4n) is 3.01. The quantitative estimate of drug-likeness (QED) is 0.499. The maximum atomic E-state index is 12.0. The Kier molecular flexibility index (Phi) is 2.35. The van der Waals surface area contributed by atoms with Crippen LogP contribution in [-0.2, 0) is 6.42 Å². The van der Waals surface area contributed by atoms with E-state index < -0.39 is 0 Å². The number of hydrogen-bond donors (Lipinski definition) is 3. The highest BCUT2D eigenvalue weighted by atomic mass is 16.1. The van der Waals surface area contributed by atoms with Crippen molar-refractivity contribution in [2.24, 2.45) is 0 Å². The van der Waals surface area contributed by atoms with Crippen molar-refractivity contribution in [3.05, 3.63) is 41.6 Å². The summed E-state index contributed by atoms with van der Waals surface area (Å²) < 4.78 is 0. The van der Waals surface area contributed by atoms with Gasteiger partial charge in [-0.05, 0) is 18.2 Å². The number of amides is 1. The number of aromatic amines is 2. The Balaban J connectivity index is 1.75. The second kappa shape index (κ2) is 4.39. The Morgan fingerprint density at radius 2 is 2.04 bits per heavy atom. The molecule has 0 bridgehead atoms. The second-order valence-electron chi connectivity index (χ2n) is 5.56. The van der Waals surface area contributed by atoms with Gasteiger partial charge in [0.2, 0.25) is 0 Å². The van der Waals surface area contributed by atoms with E-state index in [0.717, 1.165) is 28.5 Å². The van der Waals surface area contributed by atoms with Gasteiger partial charge in [-0.1, -0.05) is 12.1 Å². The van der Waals surface area contributed by atoms with Crippen LogP contribution in [0, 0.1) is 0 Å². The fourth-order valence-corrected chi connectivity index (χ4v) is 3.01. The molecular weight excluding hydrogens is 292 g/mol. The molecule has 0 spiro atoms. The average molecular weight is 304 g/mol. The topological polar surface area (TPSA) is 99.3 Å². The van der Waals surface area contributed by atoms with E-state index in [-0.39, 0.29) is 5.91 Å². The van der Waals surface area contributed by atoms with Crippen LogP contribution in [0.1, 0.15) is 16.1 Å². The minimum atomic E-state index is -0.0857. The Labute approximate surface area is 130 Å². The van der Waals surface area contributed by atoms with Gasteiger partial charge in [-0.2, -0.15) is 5.10 Å². The summed E-state index contributed by atoms with van der Waals surface area (Å²) in [5.74, 6) is 0.577. The van der Waals surface area contributed by atoms with Crippen molar-refractivity contribution < 1.29 is 4.79 Å². The Morgan fingerprint density at radius 3 is 2.96 bits per heavy atom. The van der Waals surface area contributed by atoms with Crippen LogP contribution < -0.4 is 5.32 Å². The molecule has 23 heavy (non-hydrogen) atoms. The van der Waals surface area contributed by atoms with Crippen molar-refractivity contribution in [1.29, 1.82) is 0 Å². The van der Waals surface area contributed by atoms with Gasteiger partial charge in [-0.15, -0.1) is 0 Å². The van der Waals surface area contributed by atoms with E-state index in [0.29, 0.717) is 29.3 Å². The number of rotatable bonds is 1. The lowest BCUT2D eigenvalue weighted by molar-refractivity contribution is 0.0945. The van der Waals surface area contributed by atoms with Gasteiger partial charge in [0, 0.05) is 13.0 Å². The molecule has 0 unspecified atom stereocenters. The molecule has 0 aliphatic carbocycles. The molecular formula is C16H12N6O. The first-order valence-corrected chi connectivity index (χ1v) is 7.41. The second-order valence-corrected chi connectivity index (χ2v) is 5.56. The third kappa shape index (κ3) is 1.76. The van der Waals surface area contributed by atoms with E-state index >= 15 is 0 Å². The number of carbonyl (C=O) groups is 1. The summed E-state index contributed by atoms with van der Waals surface area (Å²) in [4.78, 5) is 24.4. The minimum absolute atomic E-state index is 0.0857. The van der Waals surface area contributed by atoms with Crippen LogP contribution in [0.5, 0.6) is 0 Å². The Hall–Kier alpha value is -3.22. The molecule has 4 heterocycles. The first-order chi connectivity index (χ1) is 11.3. The molecule has 112 valence electrons. The molecule has 0 fully saturated rings. The third-order valence-corrected chi connectivity index (χ3v) is 4.14. The van der Waals surface area contributed by atoms with Crippen molar-refractivity contribution in [2.45, 2.75) is 6.42 Å². The molecule has 0 atom stereocenters. The van der Waals surface area contributed by atoms with Crippen LogP contribution in [0.2, 0.25) is 0 Å². The van der Waals surface area contributed by atoms with E-state index in [1.807, 2.05) is 30.3 Å². The van der Waals surface area contributed by atoms with Gasteiger partial charge in [0.15, 0.2) is 11.5 Å². The van der Waals surface area contributed by atoms with Gasteiger partial charge in [0.25, 0.3) is 5.91 Å². The van der Waals surface area contributed by atoms with Crippen LogP contribution in [-0.4, -0.2) is 37.6 Å². The van der Waals surface area contributed by atoms with Gasteiger partial charge >= 0.3 is 0 Å². The lowest BCUT2D eigenvalue weighted by atomic mass is 10.0. The number of imidazole rings is 1. The summed E-state index contributed by atoms with van der Waals surface area (Å²) >= 11 is 0. The predicted octanol–water partition coefficient (Wildman–Crippen LogP) is 1.79. The van der Waals surface area contributed by atoms with E-state index in [4.69, 9.17) is 0 Å². The number of H-pyrrole nitrogens is 2. The normalized spacial score (nSPS) is 14.2. The van der Waals surface area contributed by atoms with E-state index in [1.165, 1.54) is 0 Å². The van der Waals surface area contributed by atoms with E-state index in [9.17, 15) is 4.79 Å². The zero-order valence-corrected chi connectivity index (χ0v) is 12.1. The van der Waals surface area contributed by atoms with Crippen molar-refractivity contribution in [2.75, 3.05) is 6.54 Å². The molecule has 1 aromatic carbocycles. The molecule has 1 amide bonds. The number of para-hydroxylation sites is 2. The molecule has 0 radical (unpaired) electrons. The summed E-state index contributed by atoms with van der Waals surface area (Å²) in [6.07, 6.45) is 0.732. The van der Waals surface area contributed by atoms with Gasteiger partial charge in [0.05, 0.1) is 27.7 Å². The SMILES string of the molecule is O=C1NCCc2nc3[nH]nc(-c4nc5ccccc5[nH]4)c3cc21. The highest BCUT2D eigenvalue weighted by Gasteiger charge is 2.22. The Bertz CT molecular complexity index is 1040. The number of carbonyl (C=O) groups excluding carboxylic acids is 1. The summed E-state index contributed by atoms with van der Waals surface area (Å²) in [5.41, 5.74) is 4.59. The largest absolute Gasteiger partial charge is 0.352 e. The number of nitrogens with zero attached hydrogens (tertiary/aromatic N) is 3. The molecule has 0 saturated carbocycles. The lowest BCUT2D eigenvalue weighted by Gasteiger charge is -2.14. The Morgan fingerprint density at radius 1 is 1.13 bits per heavy atom. The first-order valence-electron chi connectivity index (χ1n) is 7.41. The minimum Gasteiger partial charge on any atom is -0.352 e.